The van der Waals surface area contributed by atoms with Crippen molar-refractivity contribution in [3.63, 3.8) is 0 Å². The van der Waals surface area contributed by atoms with E-state index < -0.39 is 0 Å². The zero-order valence-corrected chi connectivity index (χ0v) is 15.7. The van der Waals surface area contributed by atoms with Gasteiger partial charge < -0.3 is 15.1 Å². The quantitative estimate of drug-likeness (QED) is 0.897. The van der Waals surface area contributed by atoms with Crippen molar-refractivity contribution >= 4 is 17.6 Å². The molecule has 0 spiro atoms. The van der Waals surface area contributed by atoms with Crippen LogP contribution in [0.1, 0.15) is 37.8 Å². The highest BCUT2D eigenvalue weighted by Gasteiger charge is 2.33. The molecule has 2 aliphatic heterocycles. The van der Waals surface area contributed by atoms with Crippen molar-refractivity contribution in [3.8, 4) is 0 Å². The number of anilines is 1. The number of carbonyl (C=O) groups is 2. The topological polar surface area (TPSA) is 52.7 Å². The molecular weight excluding hydrogens is 314 g/mol. The first-order chi connectivity index (χ1) is 11.8. The van der Waals surface area contributed by atoms with Crippen LogP contribution in [-0.2, 0) is 4.79 Å². The Kier molecular flexibility index (Phi) is 5.02. The summed E-state index contributed by atoms with van der Waals surface area (Å²) < 4.78 is 0. The number of urea groups is 1. The van der Waals surface area contributed by atoms with Crippen molar-refractivity contribution in [1.29, 1.82) is 0 Å². The Bertz CT molecular complexity index is 663. The minimum absolute atomic E-state index is 0.0295. The molecule has 1 aromatic carbocycles. The van der Waals surface area contributed by atoms with Crippen molar-refractivity contribution < 1.29 is 9.59 Å². The fraction of sp³-hybridized carbons (Fsp3) is 0.600. The highest BCUT2D eigenvalue weighted by Crippen LogP contribution is 2.25. The van der Waals surface area contributed by atoms with E-state index in [0.29, 0.717) is 24.8 Å². The molecule has 3 amide bonds. The van der Waals surface area contributed by atoms with E-state index in [1.807, 2.05) is 23.1 Å². The number of hydrogen-bond donors (Lipinski definition) is 1. The third-order valence-corrected chi connectivity index (χ3v) is 5.41. The number of nitrogens with one attached hydrogen (secondary N) is 1. The number of nitrogens with zero attached hydrogens (tertiary/aromatic N) is 2. The Labute approximate surface area is 150 Å². The molecule has 1 N–H and O–H groups in total. The van der Waals surface area contributed by atoms with Gasteiger partial charge in [0.25, 0.3) is 0 Å². The Hall–Kier alpha value is -2.04. The molecule has 1 aromatic rings. The van der Waals surface area contributed by atoms with Gasteiger partial charge in [-0.1, -0.05) is 19.9 Å². The van der Waals surface area contributed by atoms with Gasteiger partial charge in [-0.15, -0.1) is 0 Å². The van der Waals surface area contributed by atoms with Gasteiger partial charge >= 0.3 is 6.03 Å². The normalized spacial score (nSPS) is 26.9. The van der Waals surface area contributed by atoms with Crippen molar-refractivity contribution in [3.05, 3.63) is 29.3 Å². The molecule has 5 nitrogen and oxygen atoms in total. The van der Waals surface area contributed by atoms with Crippen LogP contribution in [0.25, 0.3) is 0 Å². The number of rotatable bonds is 2. The minimum Gasteiger partial charge on any atom is -0.333 e. The Morgan fingerprint density at radius 2 is 1.76 bits per heavy atom. The van der Waals surface area contributed by atoms with E-state index in [1.165, 1.54) is 17.5 Å². The Morgan fingerprint density at radius 1 is 1.08 bits per heavy atom. The van der Waals surface area contributed by atoms with Gasteiger partial charge in [0.05, 0.1) is 6.04 Å². The van der Waals surface area contributed by atoms with E-state index in [0.717, 1.165) is 18.8 Å². The SMILES string of the molecule is Cc1ccc(N2C[C@H](NC(=O)N3C[C@H](C)C[C@H](C)C3)CC2=O)cc1C. The van der Waals surface area contributed by atoms with Crippen LogP contribution in [0.15, 0.2) is 18.2 Å². The van der Waals surface area contributed by atoms with Crippen molar-refractivity contribution in [2.24, 2.45) is 11.8 Å². The Morgan fingerprint density at radius 3 is 2.40 bits per heavy atom. The maximum atomic E-state index is 12.6. The van der Waals surface area contributed by atoms with Crippen molar-refractivity contribution in [1.82, 2.24) is 10.2 Å². The zero-order valence-electron chi connectivity index (χ0n) is 15.7. The molecule has 2 fully saturated rings. The van der Waals surface area contributed by atoms with Crippen LogP contribution in [0.4, 0.5) is 10.5 Å². The highest BCUT2D eigenvalue weighted by atomic mass is 16.2. The molecule has 0 bridgehead atoms. The van der Waals surface area contributed by atoms with E-state index in [4.69, 9.17) is 0 Å². The first-order valence-corrected chi connectivity index (χ1v) is 9.26. The number of amides is 3. The lowest BCUT2D eigenvalue weighted by atomic mass is 9.92. The number of hydrogen-bond acceptors (Lipinski definition) is 2. The van der Waals surface area contributed by atoms with Gasteiger partial charge in [0.1, 0.15) is 0 Å². The lowest BCUT2D eigenvalue weighted by molar-refractivity contribution is -0.117. The predicted molar refractivity (Wildman–Crippen MR) is 99.7 cm³/mol. The molecule has 0 unspecified atom stereocenters. The maximum Gasteiger partial charge on any atom is 0.317 e. The molecule has 3 rings (SSSR count). The van der Waals surface area contributed by atoms with Crippen LogP contribution in [0.3, 0.4) is 0 Å². The number of benzene rings is 1. The molecule has 0 aliphatic carbocycles. The molecule has 0 saturated carbocycles. The summed E-state index contributed by atoms with van der Waals surface area (Å²) in [6, 6.07) is 5.93. The minimum atomic E-state index is -0.117. The highest BCUT2D eigenvalue weighted by molar-refractivity contribution is 5.97. The van der Waals surface area contributed by atoms with Crippen LogP contribution >= 0.6 is 0 Å². The van der Waals surface area contributed by atoms with Gasteiger partial charge in [0, 0.05) is 31.7 Å². The summed E-state index contributed by atoms with van der Waals surface area (Å²) in [5, 5.41) is 3.07. The van der Waals surface area contributed by atoms with Crippen LogP contribution in [-0.4, -0.2) is 42.5 Å². The molecule has 2 saturated heterocycles. The van der Waals surface area contributed by atoms with E-state index in [1.54, 1.807) is 4.90 Å². The molecule has 25 heavy (non-hydrogen) atoms. The number of likely N-dealkylation sites (tertiary alicyclic amines) is 1. The van der Waals surface area contributed by atoms with Gasteiger partial charge in [-0.2, -0.15) is 0 Å². The fourth-order valence-corrected chi connectivity index (χ4v) is 4.04. The summed E-state index contributed by atoms with van der Waals surface area (Å²) in [6.07, 6.45) is 1.55. The second kappa shape index (κ2) is 7.06. The van der Waals surface area contributed by atoms with Crippen molar-refractivity contribution in [2.45, 2.75) is 46.6 Å². The Balaban J connectivity index is 1.62. The maximum absolute atomic E-state index is 12.6. The summed E-state index contributed by atoms with van der Waals surface area (Å²) in [4.78, 5) is 28.7. The van der Waals surface area contributed by atoms with Gasteiger partial charge in [-0.05, 0) is 55.4 Å². The summed E-state index contributed by atoms with van der Waals surface area (Å²) in [7, 11) is 0. The van der Waals surface area contributed by atoms with Crippen LogP contribution in [0, 0.1) is 25.7 Å². The monoisotopic (exact) mass is 343 g/mol. The molecular formula is C20H29N3O2. The first-order valence-electron chi connectivity index (χ1n) is 9.26. The summed E-state index contributed by atoms with van der Waals surface area (Å²) in [5.41, 5.74) is 3.31. The predicted octanol–water partition coefficient (Wildman–Crippen LogP) is 3.10. The average Bonchev–Trinajstić information content (AvgIpc) is 2.89. The van der Waals surface area contributed by atoms with E-state index >= 15 is 0 Å². The average molecular weight is 343 g/mol. The molecule has 136 valence electrons. The van der Waals surface area contributed by atoms with E-state index in [9.17, 15) is 9.59 Å². The van der Waals surface area contributed by atoms with Gasteiger partial charge in [-0.3, -0.25) is 4.79 Å². The summed E-state index contributed by atoms with van der Waals surface area (Å²) in [6.45, 7) is 10.7. The lowest BCUT2D eigenvalue weighted by Crippen LogP contribution is -2.50. The largest absolute Gasteiger partial charge is 0.333 e. The molecule has 5 heteroatoms. The van der Waals surface area contributed by atoms with E-state index in [-0.39, 0.29) is 18.0 Å². The standard InChI is InChI=1S/C20H29N3O2/c1-13-7-14(2)11-22(10-13)20(25)21-17-9-19(24)23(12-17)18-6-5-15(3)16(4)8-18/h5-6,8,13-14,17H,7,9-12H2,1-4H3,(H,21,25)/t13-,14+,17-/m1/s1. The second-order valence-corrected chi connectivity index (χ2v) is 7.97. The second-order valence-electron chi connectivity index (χ2n) is 7.97. The third kappa shape index (κ3) is 3.97. The van der Waals surface area contributed by atoms with Gasteiger partial charge in [0.2, 0.25) is 5.91 Å². The smallest absolute Gasteiger partial charge is 0.317 e. The van der Waals surface area contributed by atoms with Gasteiger partial charge in [0.15, 0.2) is 0 Å². The molecule has 0 aromatic heterocycles. The summed E-state index contributed by atoms with van der Waals surface area (Å²) in [5.74, 6) is 1.15. The first kappa shape index (κ1) is 17.8. The fourth-order valence-electron chi connectivity index (χ4n) is 4.04. The molecule has 2 heterocycles. The van der Waals surface area contributed by atoms with Crippen LogP contribution in [0.2, 0.25) is 0 Å². The number of aryl methyl sites for hydroxylation is 2. The van der Waals surface area contributed by atoms with Gasteiger partial charge in [-0.25, -0.2) is 4.79 Å². The third-order valence-electron chi connectivity index (χ3n) is 5.41. The lowest BCUT2D eigenvalue weighted by Gasteiger charge is -2.35. The summed E-state index contributed by atoms with van der Waals surface area (Å²) >= 11 is 0. The number of piperidine rings is 1. The molecule has 2 aliphatic rings. The van der Waals surface area contributed by atoms with Crippen molar-refractivity contribution in [2.75, 3.05) is 24.5 Å². The number of carbonyl (C=O) groups excluding carboxylic acids is 2. The van der Waals surface area contributed by atoms with Crippen LogP contribution in [0.5, 0.6) is 0 Å². The zero-order chi connectivity index (χ0) is 18.1. The molecule has 3 atom stereocenters. The molecule has 0 radical (unpaired) electrons. The van der Waals surface area contributed by atoms with E-state index in [2.05, 4.69) is 33.0 Å². The van der Waals surface area contributed by atoms with Crippen LogP contribution < -0.4 is 10.2 Å².